The molecule has 1 aliphatic heterocycles. The van der Waals surface area contributed by atoms with E-state index in [0.29, 0.717) is 38.1 Å². The summed E-state index contributed by atoms with van der Waals surface area (Å²) >= 11 is 0. The number of piperazine rings is 1. The van der Waals surface area contributed by atoms with Crippen molar-refractivity contribution in [2.45, 2.75) is 13.5 Å². The first-order valence-electron chi connectivity index (χ1n) is 9.71. The third kappa shape index (κ3) is 3.80. The molecule has 3 aromatic rings. The number of nitrogens with zero attached hydrogens (tertiary/aromatic N) is 4. The zero-order valence-corrected chi connectivity index (χ0v) is 16.5. The van der Waals surface area contributed by atoms with E-state index in [-0.39, 0.29) is 22.9 Å². The smallest absolute Gasteiger partial charge is 0.280 e. The molecule has 0 atom stereocenters. The molecule has 2 heterocycles. The van der Waals surface area contributed by atoms with Crippen molar-refractivity contribution < 1.29 is 14.0 Å². The largest absolute Gasteiger partial charge is 0.339 e. The Balaban J connectivity index is 1.59. The van der Waals surface area contributed by atoms with E-state index in [2.05, 4.69) is 4.98 Å². The quantitative estimate of drug-likeness (QED) is 0.663. The number of aromatic nitrogens is 2. The van der Waals surface area contributed by atoms with Crippen LogP contribution in [-0.4, -0.2) is 57.3 Å². The molecule has 0 radical (unpaired) electrons. The second-order valence-electron chi connectivity index (χ2n) is 7.31. The summed E-state index contributed by atoms with van der Waals surface area (Å²) in [6.45, 7) is 3.46. The van der Waals surface area contributed by atoms with Crippen LogP contribution in [0.25, 0.3) is 10.9 Å². The molecule has 2 amide bonds. The first-order valence-corrected chi connectivity index (χ1v) is 9.71. The van der Waals surface area contributed by atoms with Crippen LogP contribution in [0.4, 0.5) is 4.39 Å². The highest BCUT2D eigenvalue weighted by Gasteiger charge is 2.25. The highest BCUT2D eigenvalue weighted by Crippen LogP contribution is 2.17. The number of para-hydroxylation sites is 1. The molecule has 1 saturated heterocycles. The third-order valence-electron chi connectivity index (χ3n) is 5.38. The Morgan fingerprint density at radius 3 is 2.47 bits per heavy atom. The van der Waals surface area contributed by atoms with Gasteiger partial charge in [-0.2, -0.15) is 4.98 Å². The molecule has 1 aromatic heterocycles. The van der Waals surface area contributed by atoms with Gasteiger partial charge < -0.3 is 14.4 Å². The number of amides is 2. The summed E-state index contributed by atoms with van der Waals surface area (Å²) in [6.07, 6.45) is 1.45. The maximum Gasteiger partial charge on any atom is 0.280 e. The van der Waals surface area contributed by atoms with Gasteiger partial charge in [0.25, 0.3) is 11.5 Å². The predicted octanol–water partition coefficient (Wildman–Crippen LogP) is 1.89. The number of carbonyl (C=O) groups excluding carboxylic acids is 2. The van der Waals surface area contributed by atoms with E-state index < -0.39 is 5.82 Å². The van der Waals surface area contributed by atoms with E-state index >= 15 is 0 Å². The zero-order valence-electron chi connectivity index (χ0n) is 16.5. The fourth-order valence-corrected chi connectivity index (χ4v) is 3.71. The van der Waals surface area contributed by atoms with Gasteiger partial charge in [0.15, 0.2) is 0 Å². The first kappa shape index (κ1) is 19.8. The van der Waals surface area contributed by atoms with Gasteiger partial charge in [-0.25, -0.2) is 4.39 Å². The molecule has 0 aliphatic carbocycles. The van der Waals surface area contributed by atoms with Crippen LogP contribution in [0.5, 0.6) is 0 Å². The van der Waals surface area contributed by atoms with Gasteiger partial charge in [-0.3, -0.25) is 14.4 Å². The van der Waals surface area contributed by atoms with Gasteiger partial charge in [-0.15, -0.1) is 0 Å². The van der Waals surface area contributed by atoms with Gasteiger partial charge in [-0.05, 0) is 29.8 Å². The molecule has 1 fully saturated rings. The Labute approximate surface area is 172 Å². The summed E-state index contributed by atoms with van der Waals surface area (Å²) in [5.41, 5.74) is 1.14. The molecule has 30 heavy (non-hydrogen) atoms. The Morgan fingerprint density at radius 2 is 1.73 bits per heavy atom. The van der Waals surface area contributed by atoms with E-state index in [4.69, 9.17) is 0 Å². The normalized spacial score (nSPS) is 14.2. The number of halogens is 1. The van der Waals surface area contributed by atoms with Crippen LogP contribution in [0, 0.1) is 5.82 Å². The molecule has 7 nitrogen and oxygen atoms in total. The molecular weight excluding hydrogens is 387 g/mol. The second-order valence-corrected chi connectivity index (χ2v) is 7.31. The molecule has 0 spiro atoms. The van der Waals surface area contributed by atoms with Crippen LogP contribution in [0.15, 0.2) is 53.6 Å². The van der Waals surface area contributed by atoms with Crippen LogP contribution in [0.1, 0.15) is 22.8 Å². The van der Waals surface area contributed by atoms with E-state index in [1.807, 2.05) is 12.1 Å². The lowest BCUT2D eigenvalue weighted by Gasteiger charge is -2.34. The van der Waals surface area contributed by atoms with Gasteiger partial charge in [-0.1, -0.05) is 18.2 Å². The Bertz CT molecular complexity index is 1180. The van der Waals surface area contributed by atoms with Crippen molar-refractivity contribution in [2.24, 2.45) is 0 Å². The zero-order chi connectivity index (χ0) is 21.3. The summed E-state index contributed by atoms with van der Waals surface area (Å²) in [5, 5.41) is 0.502. The van der Waals surface area contributed by atoms with E-state index in [1.54, 1.807) is 38.6 Å². The molecule has 4 rings (SSSR count). The lowest BCUT2D eigenvalue weighted by atomic mass is 10.1. The molecule has 0 N–H and O–H groups in total. The third-order valence-corrected chi connectivity index (χ3v) is 5.38. The maximum atomic E-state index is 14.5. The van der Waals surface area contributed by atoms with Crippen molar-refractivity contribution in [3.8, 4) is 0 Å². The minimum Gasteiger partial charge on any atom is -0.339 e. The van der Waals surface area contributed by atoms with E-state index in [9.17, 15) is 18.8 Å². The van der Waals surface area contributed by atoms with Gasteiger partial charge in [0.1, 0.15) is 5.82 Å². The van der Waals surface area contributed by atoms with Gasteiger partial charge in [0, 0.05) is 39.6 Å². The minimum absolute atomic E-state index is 0.00193. The summed E-state index contributed by atoms with van der Waals surface area (Å²) in [6, 6.07) is 11.6. The summed E-state index contributed by atoms with van der Waals surface area (Å²) in [7, 11) is 0. The number of hydrogen-bond donors (Lipinski definition) is 0. The van der Waals surface area contributed by atoms with Crippen LogP contribution in [0.2, 0.25) is 0 Å². The Kier molecular flexibility index (Phi) is 5.31. The molecule has 154 valence electrons. The van der Waals surface area contributed by atoms with Crippen molar-refractivity contribution in [1.29, 1.82) is 0 Å². The lowest BCUT2D eigenvalue weighted by Crippen LogP contribution is -2.50. The number of fused-ring (bicyclic) bond motifs is 1. The molecule has 2 aromatic carbocycles. The van der Waals surface area contributed by atoms with Crippen LogP contribution >= 0.6 is 0 Å². The molecule has 0 saturated carbocycles. The maximum absolute atomic E-state index is 14.5. The predicted molar refractivity (Wildman–Crippen MR) is 110 cm³/mol. The van der Waals surface area contributed by atoms with E-state index in [1.165, 1.54) is 19.3 Å². The van der Waals surface area contributed by atoms with Crippen molar-refractivity contribution >= 4 is 22.7 Å². The first-order chi connectivity index (χ1) is 14.4. The Morgan fingerprint density at radius 1 is 1.03 bits per heavy atom. The highest BCUT2D eigenvalue weighted by molar-refractivity contribution is 5.95. The van der Waals surface area contributed by atoms with Crippen LogP contribution in [0.3, 0.4) is 0 Å². The number of rotatable bonds is 3. The van der Waals surface area contributed by atoms with Gasteiger partial charge in [0.05, 0.1) is 22.8 Å². The van der Waals surface area contributed by atoms with Crippen molar-refractivity contribution in [3.05, 3.63) is 76.1 Å². The SMILES string of the molecule is CC(=O)N1CCN(C(=O)c2cc(Cn3cnc(=O)c4ccccc43)ccc2F)CC1. The highest BCUT2D eigenvalue weighted by atomic mass is 19.1. The second kappa shape index (κ2) is 8.06. The Hall–Kier alpha value is -3.55. The fraction of sp³-hybridized carbons (Fsp3) is 0.273. The van der Waals surface area contributed by atoms with Crippen LogP contribution in [-0.2, 0) is 11.3 Å². The van der Waals surface area contributed by atoms with E-state index in [0.717, 1.165) is 11.1 Å². The monoisotopic (exact) mass is 408 g/mol. The minimum atomic E-state index is -0.583. The standard InChI is InChI=1S/C22H21FN4O3/c1-15(28)25-8-10-26(11-9-25)22(30)18-12-16(6-7-19(18)23)13-27-14-24-21(29)17-4-2-3-5-20(17)27/h2-7,12,14H,8-11,13H2,1H3. The molecule has 0 bridgehead atoms. The fourth-order valence-electron chi connectivity index (χ4n) is 3.71. The molecule has 1 aliphatic rings. The number of hydrogen-bond acceptors (Lipinski definition) is 4. The lowest BCUT2D eigenvalue weighted by molar-refractivity contribution is -0.130. The number of carbonyl (C=O) groups is 2. The average molecular weight is 408 g/mol. The van der Waals surface area contributed by atoms with Crippen LogP contribution < -0.4 is 5.56 Å². The van der Waals surface area contributed by atoms with Crippen molar-refractivity contribution in [1.82, 2.24) is 19.4 Å². The number of benzene rings is 2. The van der Waals surface area contributed by atoms with Gasteiger partial charge >= 0.3 is 0 Å². The molecule has 0 unspecified atom stereocenters. The topological polar surface area (TPSA) is 75.5 Å². The van der Waals surface area contributed by atoms with Gasteiger partial charge in [0.2, 0.25) is 5.91 Å². The van der Waals surface area contributed by atoms with Crippen molar-refractivity contribution in [2.75, 3.05) is 26.2 Å². The van der Waals surface area contributed by atoms with Crippen molar-refractivity contribution in [3.63, 3.8) is 0 Å². The molecule has 8 heteroatoms. The average Bonchev–Trinajstić information content (AvgIpc) is 2.76. The molecular formula is C22H21FN4O3. The summed E-state index contributed by atoms with van der Waals surface area (Å²) in [4.78, 5) is 43.4. The summed E-state index contributed by atoms with van der Waals surface area (Å²) in [5.74, 6) is -1.00. The summed E-state index contributed by atoms with van der Waals surface area (Å²) < 4.78 is 16.2.